The highest BCUT2D eigenvalue weighted by Crippen LogP contribution is 2.17. The molecule has 6 heteroatoms. The summed E-state index contributed by atoms with van der Waals surface area (Å²) in [5.74, 6) is 0.133. The van der Waals surface area contributed by atoms with E-state index in [0.29, 0.717) is 31.1 Å². The van der Waals surface area contributed by atoms with Gasteiger partial charge in [-0.1, -0.05) is 0 Å². The molecule has 0 aliphatic rings. The number of nitrogens with zero attached hydrogens (tertiary/aromatic N) is 3. The molecule has 1 heterocycles. The molecule has 0 fully saturated rings. The van der Waals surface area contributed by atoms with Gasteiger partial charge in [0, 0.05) is 19.3 Å². The molecule has 0 aliphatic carbocycles. The van der Waals surface area contributed by atoms with Crippen molar-refractivity contribution in [1.29, 1.82) is 5.26 Å². The summed E-state index contributed by atoms with van der Waals surface area (Å²) in [5.41, 5.74) is 1.21. The first-order valence-electron chi connectivity index (χ1n) is 6.39. The van der Waals surface area contributed by atoms with E-state index in [1.807, 2.05) is 6.92 Å². The van der Waals surface area contributed by atoms with E-state index in [-0.39, 0.29) is 12.5 Å². The van der Waals surface area contributed by atoms with E-state index < -0.39 is 0 Å². The molecule has 0 saturated carbocycles. The van der Waals surface area contributed by atoms with E-state index in [1.165, 1.54) is 0 Å². The van der Waals surface area contributed by atoms with Crippen LogP contribution in [0.3, 0.4) is 0 Å². The molecular formula is C14H19N3O3. The number of methoxy groups -OCH3 is 1. The predicted octanol–water partition coefficient (Wildman–Crippen LogP) is 1.28. The highest BCUT2D eigenvalue weighted by atomic mass is 16.5. The Morgan fingerprint density at radius 3 is 2.85 bits per heavy atom. The van der Waals surface area contributed by atoms with Crippen molar-refractivity contribution in [3.63, 3.8) is 0 Å². The minimum atomic E-state index is -0.351. The standard InChI is InChI=1S/C14H19N3O3/c1-4-20-13(18)10-17(7-8-19-3)14-12(9-15)6-5-11(2)16-14/h5-6H,4,7-8,10H2,1-3H3. The Morgan fingerprint density at radius 1 is 1.50 bits per heavy atom. The lowest BCUT2D eigenvalue weighted by atomic mass is 10.2. The number of aromatic nitrogens is 1. The first-order chi connectivity index (χ1) is 9.62. The van der Waals surface area contributed by atoms with E-state index >= 15 is 0 Å². The van der Waals surface area contributed by atoms with Crippen LogP contribution in [0, 0.1) is 18.3 Å². The van der Waals surface area contributed by atoms with Crippen LogP contribution in [0.5, 0.6) is 0 Å². The number of aryl methyl sites for hydroxylation is 1. The number of esters is 1. The maximum absolute atomic E-state index is 11.7. The van der Waals surface area contributed by atoms with Crippen LogP contribution in [0.2, 0.25) is 0 Å². The van der Waals surface area contributed by atoms with Crippen LogP contribution in [0.15, 0.2) is 12.1 Å². The zero-order valence-electron chi connectivity index (χ0n) is 12.0. The van der Waals surface area contributed by atoms with Crippen molar-refractivity contribution in [1.82, 2.24) is 4.98 Å². The molecule has 0 atom stereocenters. The third-order valence-electron chi connectivity index (χ3n) is 2.62. The summed E-state index contributed by atoms with van der Waals surface area (Å²) >= 11 is 0. The molecule has 1 rings (SSSR count). The van der Waals surface area contributed by atoms with Gasteiger partial charge in [-0.2, -0.15) is 5.26 Å². The fourth-order valence-corrected chi connectivity index (χ4v) is 1.70. The first kappa shape index (κ1) is 15.9. The lowest BCUT2D eigenvalue weighted by molar-refractivity contribution is -0.141. The van der Waals surface area contributed by atoms with Crippen LogP contribution < -0.4 is 4.90 Å². The summed E-state index contributed by atoms with van der Waals surface area (Å²) in [6.45, 7) is 4.85. The van der Waals surface area contributed by atoms with Gasteiger partial charge in [-0.15, -0.1) is 0 Å². The first-order valence-corrected chi connectivity index (χ1v) is 6.39. The molecule has 0 bridgehead atoms. The topological polar surface area (TPSA) is 75.4 Å². The number of anilines is 1. The van der Waals surface area contributed by atoms with Crippen molar-refractivity contribution in [3.05, 3.63) is 23.4 Å². The summed E-state index contributed by atoms with van der Waals surface area (Å²) in [6, 6.07) is 5.55. The SMILES string of the molecule is CCOC(=O)CN(CCOC)c1nc(C)ccc1C#N. The van der Waals surface area contributed by atoms with Gasteiger partial charge in [0.15, 0.2) is 0 Å². The third-order valence-corrected chi connectivity index (χ3v) is 2.62. The van der Waals surface area contributed by atoms with Gasteiger partial charge >= 0.3 is 5.97 Å². The Morgan fingerprint density at radius 2 is 2.25 bits per heavy atom. The summed E-state index contributed by atoms with van der Waals surface area (Å²) < 4.78 is 9.98. The summed E-state index contributed by atoms with van der Waals surface area (Å²) in [7, 11) is 1.58. The molecule has 0 amide bonds. The molecule has 0 aliphatic heterocycles. The monoisotopic (exact) mass is 277 g/mol. The van der Waals surface area contributed by atoms with Crippen molar-refractivity contribution < 1.29 is 14.3 Å². The lowest BCUT2D eigenvalue weighted by Gasteiger charge is -2.23. The fourth-order valence-electron chi connectivity index (χ4n) is 1.70. The number of carbonyl (C=O) groups excluding carboxylic acids is 1. The minimum Gasteiger partial charge on any atom is -0.465 e. The van der Waals surface area contributed by atoms with Gasteiger partial charge < -0.3 is 14.4 Å². The molecule has 20 heavy (non-hydrogen) atoms. The molecule has 0 radical (unpaired) electrons. The Hall–Kier alpha value is -2.13. The molecule has 6 nitrogen and oxygen atoms in total. The zero-order valence-corrected chi connectivity index (χ0v) is 12.0. The Bertz CT molecular complexity index is 497. The van der Waals surface area contributed by atoms with Crippen LogP contribution >= 0.6 is 0 Å². The quantitative estimate of drug-likeness (QED) is 0.699. The molecule has 1 aromatic heterocycles. The van der Waals surface area contributed by atoms with Crippen molar-refractivity contribution in [2.24, 2.45) is 0 Å². The highest BCUT2D eigenvalue weighted by Gasteiger charge is 2.17. The van der Waals surface area contributed by atoms with Gasteiger partial charge in [-0.3, -0.25) is 4.79 Å². The Balaban J connectivity index is 3.00. The van der Waals surface area contributed by atoms with Crippen molar-refractivity contribution in [2.75, 3.05) is 38.3 Å². The Kier molecular flexibility index (Phi) is 6.47. The molecule has 0 saturated heterocycles. The van der Waals surface area contributed by atoms with Crippen LogP contribution in [-0.2, 0) is 14.3 Å². The third kappa shape index (κ3) is 4.52. The number of hydrogen-bond donors (Lipinski definition) is 0. The minimum absolute atomic E-state index is 0.0440. The van der Waals surface area contributed by atoms with Gasteiger partial charge in [-0.25, -0.2) is 4.98 Å². The largest absolute Gasteiger partial charge is 0.465 e. The second-order valence-electron chi connectivity index (χ2n) is 4.15. The van der Waals surface area contributed by atoms with Crippen molar-refractivity contribution >= 4 is 11.8 Å². The van der Waals surface area contributed by atoms with E-state index in [2.05, 4.69) is 11.1 Å². The van der Waals surface area contributed by atoms with E-state index in [0.717, 1.165) is 5.69 Å². The fraction of sp³-hybridized carbons (Fsp3) is 0.500. The normalized spacial score (nSPS) is 9.90. The van der Waals surface area contributed by atoms with Crippen molar-refractivity contribution in [3.8, 4) is 6.07 Å². The van der Waals surface area contributed by atoms with Gasteiger partial charge in [0.05, 0.1) is 18.8 Å². The lowest BCUT2D eigenvalue weighted by Crippen LogP contribution is -2.35. The van der Waals surface area contributed by atoms with Crippen molar-refractivity contribution in [2.45, 2.75) is 13.8 Å². The van der Waals surface area contributed by atoms with E-state index in [1.54, 1.807) is 31.1 Å². The number of nitriles is 1. The maximum Gasteiger partial charge on any atom is 0.325 e. The second-order valence-corrected chi connectivity index (χ2v) is 4.15. The van der Waals surface area contributed by atoms with Gasteiger partial charge in [-0.05, 0) is 26.0 Å². The van der Waals surface area contributed by atoms with E-state index in [4.69, 9.17) is 14.7 Å². The zero-order chi connectivity index (χ0) is 15.0. The second kappa shape index (κ2) is 8.12. The number of carbonyl (C=O) groups is 1. The molecule has 0 spiro atoms. The summed E-state index contributed by atoms with van der Waals surface area (Å²) in [5, 5.41) is 9.16. The van der Waals surface area contributed by atoms with Crippen LogP contribution in [0.1, 0.15) is 18.2 Å². The molecule has 0 N–H and O–H groups in total. The number of hydrogen-bond acceptors (Lipinski definition) is 6. The summed E-state index contributed by atoms with van der Waals surface area (Å²) in [6.07, 6.45) is 0. The molecule has 0 unspecified atom stereocenters. The van der Waals surface area contributed by atoms with Crippen LogP contribution in [0.4, 0.5) is 5.82 Å². The maximum atomic E-state index is 11.7. The molecule has 1 aromatic rings. The average molecular weight is 277 g/mol. The molecule has 108 valence electrons. The Labute approximate surface area is 118 Å². The van der Waals surface area contributed by atoms with Crippen LogP contribution in [0.25, 0.3) is 0 Å². The number of ether oxygens (including phenoxy) is 2. The number of rotatable bonds is 7. The van der Waals surface area contributed by atoms with Gasteiger partial charge in [0.2, 0.25) is 0 Å². The van der Waals surface area contributed by atoms with Crippen LogP contribution in [-0.4, -0.2) is 44.4 Å². The average Bonchev–Trinajstić information content (AvgIpc) is 2.43. The highest BCUT2D eigenvalue weighted by molar-refractivity contribution is 5.76. The van der Waals surface area contributed by atoms with Gasteiger partial charge in [0.25, 0.3) is 0 Å². The van der Waals surface area contributed by atoms with Gasteiger partial charge in [0.1, 0.15) is 18.4 Å². The number of pyridine rings is 1. The predicted molar refractivity (Wildman–Crippen MR) is 74.4 cm³/mol. The van der Waals surface area contributed by atoms with E-state index in [9.17, 15) is 4.79 Å². The molecular weight excluding hydrogens is 258 g/mol. The smallest absolute Gasteiger partial charge is 0.325 e. The molecule has 0 aromatic carbocycles. The summed E-state index contributed by atoms with van der Waals surface area (Å²) in [4.78, 5) is 17.7.